The molecule has 0 radical (unpaired) electrons. The Balaban J connectivity index is 0. The maximum atomic E-state index is 9.81. The summed E-state index contributed by atoms with van der Waals surface area (Å²) in [4.78, 5) is 19.3. The van der Waals surface area contributed by atoms with Gasteiger partial charge < -0.3 is 19.8 Å². The maximum absolute atomic E-state index is 9.81. The van der Waals surface area contributed by atoms with Gasteiger partial charge in [0.15, 0.2) is 0 Å². The Bertz CT molecular complexity index is 134. The summed E-state index contributed by atoms with van der Waals surface area (Å²) >= 11 is 0. The topological polar surface area (TPSA) is 104 Å². The van der Waals surface area contributed by atoms with E-state index in [9.17, 15) is 9.59 Å². The first kappa shape index (κ1) is 12.4. The van der Waals surface area contributed by atoms with Crippen LogP contribution in [-0.2, 0) is 14.2 Å². The Morgan fingerprint density at radius 3 is 1.80 bits per heavy atom. The summed E-state index contributed by atoms with van der Waals surface area (Å²) in [6, 6.07) is 0. The average Bonchev–Trinajstić information content (AvgIpc) is 1.63. The number of hydrogen-bond acceptors (Lipinski definition) is 5. The molecule has 0 unspecified atom stereocenters. The van der Waals surface area contributed by atoms with E-state index in [-0.39, 0.29) is 23.1 Å². The highest BCUT2D eigenvalue weighted by Crippen LogP contribution is 1.77. The highest BCUT2D eigenvalue weighted by molar-refractivity contribution is 6.42. The van der Waals surface area contributed by atoms with Gasteiger partial charge in [-0.3, -0.25) is 0 Å². The maximum Gasteiger partial charge on any atom is 0.709 e. The van der Waals surface area contributed by atoms with Crippen LogP contribution in [0.1, 0.15) is 0 Å². The van der Waals surface area contributed by atoms with E-state index in [0.29, 0.717) is 0 Å². The number of carboxylic acids is 1. The minimum Gasteiger partial charge on any atom is -0.476 e. The molecular formula is C2H5BMgO6. The molecule has 0 aliphatic heterocycles. The number of aliphatic carboxylic acids is 1. The van der Waals surface area contributed by atoms with E-state index in [0.717, 1.165) is 0 Å². The summed E-state index contributed by atoms with van der Waals surface area (Å²) in [6.45, 7) is 0. The van der Waals surface area contributed by atoms with Crippen molar-refractivity contribution in [3.05, 3.63) is 0 Å². The number of carbonyl (C=O) groups excluding carboxylic acids is 1. The number of carboxylic acid groups (broad SMARTS) is 1. The molecule has 8 heteroatoms. The molecule has 54 valence electrons. The fourth-order valence-electron chi connectivity index (χ4n) is 0.146. The fourth-order valence-corrected chi connectivity index (χ4v) is 0.146. The van der Waals surface area contributed by atoms with Crippen molar-refractivity contribution in [2.24, 2.45) is 0 Å². The summed E-state index contributed by atoms with van der Waals surface area (Å²) < 4.78 is 3.38. The highest BCUT2D eigenvalue weighted by Gasteiger charge is 2.21. The predicted molar refractivity (Wildman–Crippen MR) is 32.5 cm³/mol. The molecule has 0 aromatic heterocycles. The van der Waals surface area contributed by atoms with Gasteiger partial charge in [-0.05, 0) is 0 Å². The molecule has 0 bridgehead atoms. The molecule has 0 aromatic rings. The SMILES string of the molecule is O=C(O)C(=O)OB(O)O.[MgH2]. The van der Waals surface area contributed by atoms with Gasteiger partial charge in [0.1, 0.15) is 0 Å². The van der Waals surface area contributed by atoms with Crippen LogP contribution in [0.5, 0.6) is 0 Å². The number of carbonyl (C=O) groups is 2. The molecule has 0 aliphatic rings. The molecule has 0 aliphatic carbocycles. The Morgan fingerprint density at radius 1 is 1.30 bits per heavy atom. The Labute approximate surface area is 72.1 Å². The van der Waals surface area contributed by atoms with Crippen molar-refractivity contribution >= 4 is 42.3 Å². The second-order valence-corrected chi connectivity index (χ2v) is 1.04. The molecule has 0 atom stereocenters. The first-order valence-electron chi connectivity index (χ1n) is 1.84. The van der Waals surface area contributed by atoms with E-state index in [2.05, 4.69) is 4.65 Å². The summed E-state index contributed by atoms with van der Waals surface area (Å²) in [5, 5.41) is 23.4. The van der Waals surface area contributed by atoms with E-state index in [1.807, 2.05) is 0 Å². The van der Waals surface area contributed by atoms with Gasteiger partial charge in [-0.15, -0.1) is 0 Å². The molecule has 0 aromatic carbocycles. The van der Waals surface area contributed by atoms with Gasteiger partial charge in [-0.1, -0.05) is 0 Å². The molecule has 0 saturated carbocycles. The Hall–Kier alpha value is -0.309. The van der Waals surface area contributed by atoms with E-state index < -0.39 is 19.3 Å². The van der Waals surface area contributed by atoms with Crippen LogP contribution in [0.15, 0.2) is 0 Å². The third-order valence-electron chi connectivity index (χ3n) is 0.387. The lowest BCUT2D eigenvalue weighted by atomic mass is 10.3. The summed E-state index contributed by atoms with van der Waals surface area (Å²) in [7, 11) is -2.37. The van der Waals surface area contributed by atoms with Gasteiger partial charge in [0, 0.05) is 0 Å². The monoisotopic (exact) mass is 160 g/mol. The minimum atomic E-state index is -2.37. The molecule has 0 heterocycles. The van der Waals surface area contributed by atoms with E-state index in [4.69, 9.17) is 15.2 Å². The van der Waals surface area contributed by atoms with Crippen LogP contribution in [0.2, 0.25) is 0 Å². The van der Waals surface area contributed by atoms with Gasteiger partial charge in [0.2, 0.25) is 0 Å². The first-order chi connectivity index (χ1) is 4.04. The normalized spacial score (nSPS) is 7.40. The quantitative estimate of drug-likeness (QED) is 0.274. The fraction of sp³-hybridized carbons (Fsp3) is 0. The molecule has 10 heavy (non-hydrogen) atoms. The smallest absolute Gasteiger partial charge is 0.476 e. The van der Waals surface area contributed by atoms with Crippen LogP contribution in [-0.4, -0.2) is 57.5 Å². The molecular weight excluding hydrogens is 155 g/mol. The van der Waals surface area contributed by atoms with Gasteiger partial charge in [-0.25, -0.2) is 9.59 Å². The van der Waals surface area contributed by atoms with Gasteiger partial charge in [0.05, 0.1) is 0 Å². The molecule has 0 saturated heterocycles. The van der Waals surface area contributed by atoms with Crippen LogP contribution in [0.3, 0.4) is 0 Å². The van der Waals surface area contributed by atoms with Gasteiger partial charge in [0.25, 0.3) is 0 Å². The van der Waals surface area contributed by atoms with Crippen LogP contribution in [0, 0.1) is 0 Å². The van der Waals surface area contributed by atoms with Crippen molar-refractivity contribution < 1.29 is 29.4 Å². The average molecular weight is 160 g/mol. The first-order valence-corrected chi connectivity index (χ1v) is 1.84. The number of hydrogen-bond donors (Lipinski definition) is 3. The molecule has 0 amide bonds. The van der Waals surface area contributed by atoms with Crippen molar-refractivity contribution in [3.8, 4) is 0 Å². The summed E-state index contributed by atoms with van der Waals surface area (Å²) in [6.07, 6.45) is 0. The lowest BCUT2D eigenvalue weighted by Crippen LogP contribution is -2.27. The molecule has 0 rings (SSSR count). The van der Waals surface area contributed by atoms with E-state index in [1.54, 1.807) is 0 Å². The zero-order valence-electron chi connectivity index (χ0n) is 4.14. The van der Waals surface area contributed by atoms with E-state index in [1.165, 1.54) is 0 Å². The lowest BCUT2D eigenvalue weighted by molar-refractivity contribution is -0.159. The van der Waals surface area contributed by atoms with Crippen LogP contribution < -0.4 is 0 Å². The third-order valence-corrected chi connectivity index (χ3v) is 0.387. The second kappa shape index (κ2) is 5.47. The molecule has 6 nitrogen and oxygen atoms in total. The summed E-state index contributed by atoms with van der Waals surface area (Å²) in [5.74, 6) is -3.58. The van der Waals surface area contributed by atoms with Crippen molar-refractivity contribution in [2.45, 2.75) is 0 Å². The molecule has 0 spiro atoms. The second-order valence-electron chi connectivity index (χ2n) is 1.04. The largest absolute Gasteiger partial charge is 0.709 e. The van der Waals surface area contributed by atoms with Crippen molar-refractivity contribution in [2.75, 3.05) is 0 Å². The Morgan fingerprint density at radius 2 is 1.70 bits per heavy atom. The third kappa shape index (κ3) is 5.82. The van der Waals surface area contributed by atoms with Gasteiger partial charge in [-0.2, -0.15) is 0 Å². The van der Waals surface area contributed by atoms with Crippen molar-refractivity contribution in [3.63, 3.8) is 0 Å². The standard InChI is InChI=1S/C2H3BO6.Mg.2H/c4-1(5)2(6)9-3(7)8;;;/h7-8H,(H,4,5);;;. The van der Waals surface area contributed by atoms with Crippen LogP contribution in [0.4, 0.5) is 0 Å². The summed E-state index contributed by atoms with van der Waals surface area (Å²) in [5.41, 5.74) is 0. The van der Waals surface area contributed by atoms with Crippen LogP contribution in [0.25, 0.3) is 0 Å². The van der Waals surface area contributed by atoms with Crippen molar-refractivity contribution in [1.82, 2.24) is 0 Å². The molecule has 0 fully saturated rings. The highest BCUT2D eigenvalue weighted by atomic mass is 24.3. The van der Waals surface area contributed by atoms with Crippen molar-refractivity contribution in [1.29, 1.82) is 0 Å². The van der Waals surface area contributed by atoms with E-state index >= 15 is 0 Å². The Kier molecular flexibility index (Phi) is 6.77. The lowest BCUT2D eigenvalue weighted by Gasteiger charge is -1.95. The predicted octanol–water partition coefficient (Wildman–Crippen LogP) is -3.33. The zero-order chi connectivity index (χ0) is 7.44. The van der Waals surface area contributed by atoms with Crippen LogP contribution >= 0.6 is 0 Å². The van der Waals surface area contributed by atoms with Gasteiger partial charge >= 0.3 is 42.3 Å². The zero-order valence-corrected chi connectivity index (χ0v) is 4.14. The molecule has 3 N–H and O–H groups in total. The minimum absolute atomic E-state index is 0. The number of rotatable bonds is 1.